The molecule has 0 bridgehead atoms. The predicted octanol–water partition coefficient (Wildman–Crippen LogP) is 2.19. The number of aromatic nitrogens is 2. The Morgan fingerprint density at radius 1 is 1.33 bits per heavy atom. The monoisotopic (exact) mass is 335 g/mol. The smallest absolute Gasteiger partial charge is 0.271 e. The summed E-state index contributed by atoms with van der Waals surface area (Å²) in [6.45, 7) is 4.68. The van der Waals surface area contributed by atoms with Crippen LogP contribution in [-0.2, 0) is 13.0 Å². The fraction of sp³-hybridized carbons (Fsp3) is 0.467. The molecule has 1 aromatic heterocycles. The molecule has 0 aliphatic carbocycles. The fourth-order valence-electron chi connectivity index (χ4n) is 2.12. The maximum atomic E-state index is 10.9. The predicted molar refractivity (Wildman–Crippen MR) is 88.8 cm³/mol. The third-order valence-corrected chi connectivity index (χ3v) is 3.17. The highest BCUT2D eigenvalue weighted by atomic mass is 16.6. The van der Waals surface area contributed by atoms with E-state index in [1.807, 2.05) is 0 Å². The van der Waals surface area contributed by atoms with E-state index in [-0.39, 0.29) is 18.8 Å². The fourth-order valence-corrected chi connectivity index (χ4v) is 2.12. The number of benzene rings is 1. The lowest BCUT2D eigenvalue weighted by molar-refractivity contribution is -0.384. The van der Waals surface area contributed by atoms with Gasteiger partial charge >= 0.3 is 0 Å². The summed E-state index contributed by atoms with van der Waals surface area (Å²) in [7, 11) is 0. The highest BCUT2D eigenvalue weighted by Gasteiger charge is 2.13. The standard InChI is InChI=1S/C15H21N5O4/c1-10(2)7-14-18-15(24-19-14)9-17-13-8-11(20(22)23)3-4-12(13)16-5-6-21/h3-4,8,10,16-17,21H,5-7,9H2,1-2H3. The van der Waals surface area contributed by atoms with Crippen molar-refractivity contribution in [2.45, 2.75) is 26.8 Å². The molecule has 9 nitrogen and oxygen atoms in total. The molecule has 0 amide bonds. The topological polar surface area (TPSA) is 126 Å². The van der Waals surface area contributed by atoms with Crippen molar-refractivity contribution in [1.82, 2.24) is 10.1 Å². The molecule has 0 radical (unpaired) electrons. The lowest BCUT2D eigenvalue weighted by Gasteiger charge is -2.12. The number of rotatable bonds is 9. The van der Waals surface area contributed by atoms with Crippen molar-refractivity contribution in [3.05, 3.63) is 40.0 Å². The van der Waals surface area contributed by atoms with Gasteiger partial charge in [-0.2, -0.15) is 4.98 Å². The highest BCUT2D eigenvalue weighted by molar-refractivity contribution is 5.71. The van der Waals surface area contributed by atoms with E-state index in [9.17, 15) is 10.1 Å². The van der Waals surface area contributed by atoms with Crippen LogP contribution in [0.3, 0.4) is 0 Å². The molecule has 9 heteroatoms. The highest BCUT2D eigenvalue weighted by Crippen LogP contribution is 2.27. The average Bonchev–Trinajstić information content (AvgIpc) is 2.97. The quantitative estimate of drug-likeness (QED) is 0.470. The summed E-state index contributed by atoms with van der Waals surface area (Å²) < 4.78 is 5.17. The van der Waals surface area contributed by atoms with Crippen LogP contribution in [0.5, 0.6) is 0 Å². The van der Waals surface area contributed by atoms with Gasteiger partial charge < -0.3 is 20.3 Å². The second-order valence-corrected chi connectivity index (χ2v) is 5.69. The molecule has 0 saturated carbocycles. The Labute approximate surface area is 139 Å². The van der Waals surface area contributed by atoms with Crippen molar-refractivity contribution >= 4 is 17.1 Å². The zero-order chi connectivity index (χ0) is 17.5. The number of nitrogens with one attached hydrogen (secondary N) is 2. The van der Waals surface area contributed by atoms with Gasteiger partial charge in [-0.3, -0.25) is 10.1 Å². The molecule has 130 valence electrons. The number of hydrogen-bond acceptors (Lipinski definition) is 8. The van der Waals surface area contributed by atoms with Gasteiger partial charge in [-0.05, 0) is 12.0 Å². The van der Waals surface area contributed by atoms with E-state index >= 15 is 0 Å². The zero-order valence-electron chi connectivity index (χ0n) is 13.7. The van der Waals surface area contributed by atoms with Crippen LogP contribution in [0.4, 0.5) is 17.1 Å². The maximum absolute atomic E-state index is 10.9. The van der Waals surface area contributed by atoms with Crippen LogP contribution in [-0.4, -0.2) is 33.3 Å². The Balaban J connectivity index is 2.10. The number of aliphatic hydroxyl groups is 1. The first kappa shape index (κ1) is 17.7. The zero-order valence-corrected chi connectivity index (χ0v) is 13.7. The summed E-state index contributed by atoms with van der Waals surface area (Å²) >= 11 is 0. The van der Waals surface area contributed by atoms with E-state index in [2.05, 4.69) is 34.6 Å². The van der Waals surface area contributed by atoms with Crippen molar-refractivity contribution < 1.29 is 14.6 Å². The van der Waals surface area contributed by atoms with E-state index in [4.69, 9.17) is 9.63 Å². The molecule has 0 aliphatic heterocycles. The first-order valence-electron chi connectivity index (χ1n) is 7.68. The van der Waals surface area contributed by atoms with E-state index in [0.717, 1.165) is 6.42 Å². The van der Waals surface area contributed by atoms with Gasteiger partial charge in [-0.1, -0.05) is 19.0 Å². The number of nitrogens with zero attached hydrogens (tertiary/aromatic N) is 3. The van der Waals surface area contributed by atoms with Crippen LogP contribution in [0.25, 0.3) is 0 Å². The van der Waals surface area contributed by atoms with Crippen molar-refractivity contribution in [2.24, 2.45) is 5.92 Å². The SMILES string of the molecule is CC(C)Cc1noc(CNc2cc([N+](=O)[O-])ccc2NCCO)n1. The summed E-state index contributed by atoms with van der Waals surface area (Å²) in [5, 5.41) is 29.8. The lowest BCUT2D eigenvalue weighted by atomic mass is 10.1. The van der Waals surface area contributed by atoms with Gasteiger partial charge in [-0.25, -0.2) is 0 Å². The normalized spacial score (nSPS) is 10.8. The summed E-state index contributed by atoms with van der Waals surface area (Å²) in [6, 6.07) is 4.41. The maximum Gasteiger partial charge on any atom is 0.271 e. The Morgan fingerprint density at radius 3 is 2.79 bits per heavy atom. The number of non-ortho nitro benzene ring substituents is 1. The number of anilines is 2. The minimum Gasteiger partial charge on any atom is -0.395 e. The van der Waals surface area contributed by atoms with Gasteiger partial charge in [0.2, 0.25) is 5.89 Å². The summed E-state index contributed by atoms with van der Waals surface area (Å²) in [4.78, 5) is 14.8. The molecule has 0 aliphatic rings. The Hall–Kier alpha value is -2.68. The summed E-state index contributed by atoms with van der Waals surface area (Å²) in [5.74, 6) is 1.47. The molecule has 0 atom stereocenters. The second-order valence-electron chi connectivity index (χ2n) is 5.69. The minimum atomic E-state index is -0.464. The molecule has 0 fully saturated rings. The van der Waals surface area contributed by atoms with Crippen LogP contribution in [0.15, 0.2) is 22.7 Å². The molecular weight excluding hydrogens is 314 g/mol. The molecule has 0 spiro atoms. The van der Waals surface area contributed by atoms with Crippen molar-refractivity contribution in [3.63, 3.8) is 0 Å². The molecule has 0 unspecified atom stereocenters. The number of aliphatic hydroxyl groups excluding tert-OH is 1. The Bertz CT molecular complexity index is 686. The second kappa shape index (κ2) is 8.25. The van der Waals surface area contributed by atoms with Gasteiger partial charge in [0, 0.05) is 25.1 Å². The van der Waals surface area contributed by atoms with Crippen LogP contribution < -0.4 is 10.6 Å². The third kappa shape index (κ3) is 4.92. The summed E-state index contributed by atoms with van der Waals surface area (Å²) in [6.07, 6.45) is 0.726. The van der Waals surface area contributed by atoms with Crippen molar-refractivity contribution in [3.8, 4) is 0 Å². The molecule has 3 N–H and O–H groups in total. The van der Waals surface area contributed by atoms with Crippen LogP contribution in [0.2, 0.25) is 0 Å². The van der Waals surface area contributed by atoms with E-state index in [1.54, 1.807) is 6.07 Å². The van der Waals surface area contributed by atoms with E-state index in [0.29, 0.717) is 35.6 Å². The Morgan fingerprint density at radius 2 is 2.12 bits per heavy atom. The molecule has 1 heterocycles. The first-order chi connectivity index (χ1) is 11.5. The van der Waals surface area contributed by atoms with Crippen LogP contribution in [0.1, 0.15) is 25.6 Å². The van der Waals surface area contributed by atoms with E-state index in [1.165, 1.54) is 12.1 Å². The van der Waals surface area contributed by atoms with E-state index < -0.39 is 4.92 Å². The first-order valence-corrected chi connectivity index (χ1v) is 7.68. The number of nitro groups is 1. The molecule has 24 heavy (non-hydrogen) atoms. The molecule has 1 aromatic carbocycles. The average molecular weight is 335 g/mol. The number of hydrogen-bond donors (Lipinski definition) is 3. The van der Waals surface area contributed by atoms with Gasteiger partial charge in [0.25, 0.3) is 5.69 Å². The molecular formula is C15H21N5O4. The Kier molecular flexibility index (Phi) is 6.07. The third-order valence-electron chi connectivity index (χ3n) is 3.17. The van der Waals surface area contributed by atoms with Gasteiger partial charge in [0.1, 0.15) is 0 Å². The van der Waals surface area contributed by atoms with Crippen LogP contribution >= 0.6 is 0 Å². The largest absolute Gasteiger partial charge is 0.395 e. The number of nitro benzene ring substituents is 1. The lowest BCUT2D eigenvalue weighted by Crippen LogP contribution is -2.09. The van der Waals surface area contributed by atoms with Crippen molar-refractivity contribution in [2.75, 3.05) is 23.8 Å². The van der Waals surface area contributed by atoms with Crippen LogP contribution in [0, 0.1) is 16.0 Å². The van der Waals surface area contributed by atoms with Crippen molar-refractivity contribution in [1.29, 1.82) is 0 Å². The molecule has 2 rings (SSSR count). The van der Waals surface area contributed by atoms with Gasteiger partial charge in [0.05, 0.1) is 29.4 Å². The minimum absolute atomic E-state index is 0.0296. The summed E-state index contributed by atoms with van der Waals surface area (Å²) in [5.41, 5.74) is 1.15. The molecule has 0 saturated heterocycles. The molecule has 2 aromatic rings. The van der Waals surface area contributed by atoms with Gasteiger partial charge in [0.15, 0.2) is 5.82 Å². The van der Waals surface area contributed by atoms with Gasteiger partial charge in [-0.15, -0.1) is 0 Å².